The molecule has 7 heterocycles. The molecule has 20 nitrogen and oxygen atoms in total. The third kappa shape index (κ3) is 45.5. The molecule has 25 heteroatoms. The van der Waals surface area contributed by atoms with Crippen LogP contribution in [0.15, 0.2) is 0 Å². The van der Waals surface area contributed by atoms with E-state index in [1.54, 1.807) is 17.5 Å². The Morgan fingerprint density at radius 3 is 1.56 bits per heavy atom. The minimum Gasteiger partial charge on any atom is -0.378 e. The lowest BCUT2D eigenvalue weighted by Gasteiger charge is -2.37. The first-order chi connectivity index (χ1) is 48.4. The zero-order chi connectivity index (χ0) is 80.7. The Balaban J connectivity index is 0.000000322. The van der Waals surface area contributed by atoms with Crippen LogP contribution >= 0.6 is 0 Å². The monoisotopic (exact) mass is 1560 g/mol. The number of sulfonamides is 1. The maximum Gasteiger partial charge on any atom is 0.236 e. The van der Waals surface area contributed by atoms with E-state index in [1.807, 2.05) is 69.7 Å². The van der Waals surface area contributed by atoms with Crippen molar-refractivity contribution in [3.63, 3.8) is 0 Å². The largest absolute Gasteiger partial charge is 0.378 e. The summed E-state index contributed by atoms with van der Waals surface area (Å²) in [5.74, 6) is 6.79. The van der Waals surface area contributed by atoms with E-state index in [9.17, 15) is 30.6 Å². The second-order valence-corrected chi connectivity index (χ2v) is 44.7. The van der Waals surface area contributed by atoms with Gasteiger partial charge in [-0.2, -0.15) is 0 Å². The number of hydrogen-bond donors (Lipinski definition) is 5. The van der Waals surface area contributed by atoms with Crippen molar-refractivity contribution in [2.75, 3.05) is 178 Å². The second kappa shape index (κ2) is 43.9. The summed E-state index contributed by atoms with van der Waals surface area (Å²) in [6.07, 6.45) is 13.8. The highest BCUT2D eigenvalue weighted by Crippen LogP contribution is 2.36. The topological polar surface area (TPSA) is 188 Å². The Bertz CT molecular complexity index is 2680. The summed E-state index contributed by atoms with van der Waals surface area (Å²) < 4.78 is 100. The van der Waals surface area contributed by atoms with Gasteiger partial charge in [0.05, 0.1) is 75.9 Å². The van der Waals surface area contributed by atoms with E-state index in [1.165, 1.54) is 44.9 Å². The summed E-state index contributed by atoms with van der Waals surface area (Å²) >= 11 is 0. The van der Waals surface area contributed by atoms with Crippen molar-refractivity contribution in [2.45, 2.75) is 304 Å². The zero-order valence-electron chi connectivity index (χ0n) is 72.7. The lowest BCUT2D eigenvalue weighted by Crippen LogP contribution is -2.50. The summed E-state index contributed by atoms with van der Waals surface area (Å²) in [5.41, 5.74) is -0.662. The molecule has 0 spiro atoms. The number of hydrogen-bond acceptors (Lipinski definition) is 17. The van der Waals surface area contributed by atoms with Gasteiger partial charge in [-0.15, -0.1) is 0 Å². The average molecular weight is 1560 g/mol. The molecule has 9 rings (SSSR count). The molecule has 630 valence electrons. The molecule has 0 aromatic rings. The summed E-state index contributed by atoms with van der Waals surface area (Å²) in [7, 11) is -1.12. The van der Waals surface area contributed by atoms with Crippen LogP contribution in [0.3, 0.4) is 0 Å². The highest BCUT2D eigenvalue weighted by Gasteiger charge is 2.42. The number of alkyl halides is 3. The van der Waals surface area contributed by atoms with Gasteiger partial charge in [-0.05, 0) is 261 Å². The van der Waals surface area contributed by atoms with Crippen molar-refractivity contribution in [3.05, 3.63) is 0 Å². The Labute approximate surface area is 649 Å². The molecule has 2 saturated carbocycles. The quantitative estimate of drug-likeness (QED) is 0.0682. The SMILES string of the molecule is C=S(C)(=O)N1CC[C@@H](NC(C)(C)C)C1.CC(C)(C)NCC1CCN(S(C)(=O)=O)C1.CC(C)(C)OCC1(F)CCN(C2CC2)CC1.CC(C)(C)OC[C@H]1CN(C2COC2)C[C@@H]1CF.CC(F)CN1CCOC(CNC(C)(C)C)C1.CN(C)CC(=O)N1CC[C@@H](NC(C)(C)C)C1.C[C@@H]1CC[C@@H](CNC(C)(C)C)C1. The molecule has 0 radical (unpaired) electrons. The maximum atomic E-state index is 14.4. The molecule has 7 aliphatic heterocycles. The van der Waals surface area contributed by atoms with Crippen molar-refractivity contribution in [2.24, 2.45) is 29.6 Å². The number of nitrogens with one attached hydrogen (secondary N) is 5. The number of amides is 1. The van der Waals surface area contributed by atoms with Gasteiger partial charge < -0.3 is 60.2 Å². The van der Waals surface area contributed by atoms with E-state index in [0.717, 1.165) is 129 Å². The summed E-state index contributed by atoms with van der Waals surface area (Å²) in [4.78, 5) is 22.7. The summed E-state index contributed by atoms with van der Waals surface area (Å²) in [5, 5.41) is 17.5. The van der Waals surface area contributed by atoms with Crippen molar-refractivity contribution in [1.29, 1.82) is 0 Å². The van der Waals surface area contributed by atoms with E-state index in [-0.39, 0.29) is 64.6 Å². The molecule has 4 unspecified atom stereocenters. The molecule has 0 bridgehead atoms. The fourth-order valence-electron chi connectivity index (χ4n) is 14.1. The van der Waals surface area contributed by atoms with Gasteiger partial charge in [-0.25, -0.2) is 25.8 Å². The first kappa shape index (κ1) is 98.8. The van der Waals surface area contributed by atoms with Gasteiger partial charge in [-0.1, -0.05) is 13.3 Å². The number of morpholine rings is 1. The molecule has 0 aromatic heterocycles. The van der Waals surface area contributed by atoms with Crippen molar-refractivity contribution in [1.82, 2.24) is 59.7 Å². The molecular formula is C81H165F3N12O8S2. The van der Waals surface area contributed by atoms with Crippen LogP contribution in [0.5, 0.6) is 0 Å². The van der Waals surface area contributed by atoms with Crippen LogP contribution in [-0.2, 0) is 43.5 Å². The number of carbonyl (C=O) groups excluding carboxylic acids is 1. The van der Waals surface area contributed by atoms with Crippen LogP contribution < -0.4 is 26.6 Å². The molecule has 2 aliphatic carbocycles. The maximum absolute atomic E-state index is 14.4. The normalized spacial score (nSPS) is 27.2. The predicted molar refractivity (Wildman–Crippen MR) is 440 cm³/mol. The Morgan fingerprint density at radius 1 is 0.604 bits per heavy atom. The molecule has 9 fully saturated rings. The fourth-order valence-corrected chi connectivity index (χ4v) is 16.0. The predicted octanol–water partition coefficient (Wildman–Crippen LogP) is 10.6. The third-order valence-corrected chi connectivity index (χ3v) is 22.8. The molecule has 1 amide bonds. The van der Waals surface area contributed by atoms with Crippen LogP contribution in [0, 0.1) is 29.6 Å². The average Bonchev–Trinajstić information content (AvgIpc) is 1.76. The Morgan fingerprint density at radius 2 is 1.12 bits per heavy atom. The van der Waals surface area contributed by atoms with E-state index >= 15 is 0 Å². The van der Waals surface area contributed by atoms with Crippen LogP contribution in [0.25, 0.3) is 0 Å². The van der Waals surface area contributed by atoms with Crippen LogP contribution in [0.4, 0.5) is 13.2 Å². The number of rotatable bonds is 21. The molecule has 5 N–H and O–H groups in total. The lowest BCUT2D eigenvalue weighted by molar-refractivity contribution is -0.130. The van der Waals surface area contributed by atoms with Crippen LogP contribution in [0.2, 0.25) is 0 Å². The standard InChI is InChI=1S/C13H24FNO2.C13H24FNO.C12H25FN2O.C12H25N3O.C11H23N.C10H22N2O2S.C10H22N2OS/c1-13(2,3)17-7-11-6-15(5-10(11)4-14)12-8-16-9-12;1-12(2,3)16-10-13(14)6-8-15(9-7-13)11-4-5-11;1-10(13)8-15-5-6-16-11(9-15)7-14-12(2,3)4;1-12(2,3)13-10-6-7-15(8-10)11(16)9-14(4)5;1-9-5-6-10(7-9)8-12-11(2,3)4;1-10(2,3)11-7-9-5-6-12(8-9)15(4,13)14;1-10(2,3)11-9-6-7-12(8-9)14(4,5)13/h10-12H,4-9H2,1-3H3;11H,4-10H2,1-3H3;10-11,14H,5-9H2,1-4H3;10,13H,6-9H2,1-5H3;9-10,12H,5-8H2,1-4H3;9,11H,5-8H2,1-4H3;9,11H,4,6-8H2,1-3,5H3/t10-,11+;;;10-;9-,10-;;9-,14?/m0..11.1/s1. The van der Waals surface area contributed by atoms with Gasteiger partial charge in [0.15, 0.2) is 0 Å². The molecule has 106 heavy (non-hydrogen) atoms. The minimum atomic E-state index is -2.98. The second-order valence-electron chi connectivity index (χ2n) is 40.2. The first-order valence-corrected chi connectivity index (χ1v) is 44.6. The van der Waals surface area contributed by atoms with Gasteiger partial charge in [-0.3, -0.25) is 23.2 Å². The minimum absolute atomic E-state index is 0.110. The number of likely N-dealkylation sites (N-methyl/N-ethyl adjacent to an activating group) is 1. The number of halogens is 3. The van der Waals surface area contributed by atoms with E-state index in [4.69, 9.17) is 18.9 Å². The first-order valence-electron chi connectivity index (χ1n) is 40.7. The van der Waals surface area contributed by atoms with Crippen LogP contribution in [-0.4, -0.2) is 316 Å². The molecule has 10 atom stereocenters. The number of carbonyl (C=O) groups is 1. The van der Waals surface area contributed by atoms with Gasteiger partial charge in [0.2, 0.25) is 15.9 Å². The van der Waals surface area contributed by atoms with E-state index in [0.29, 0.717) is 87.7 Å². The Hall–Kier alpha value is -1.37. The fraction of sp³-hybridized carbons (Fsp3) is 0.975. The molecule has 7 saturated heterocycles. The van der Waals surface area contributed by atoms with Gasteiger partial charge in [0, 0.05) is 165 Å². The number of likely N-dealkylation sites (tertiary alicyclic amines) is 3. The van der Waals surface area contributed by atoms with Gasteiger partial charge >= 0.3 is 0 Å². The van der Waals surface area contributed by atoms with E-state index < -0.39 is 31.6 Å². The third-order valence-electron chi connectivity index (χ3n) is 20.1. The summed E-state index contributed by atoms with van der Waals surface area (Å²) in [6.45, 7) is 65.7. The van der Waals surface area contributed by atoms with Crippen molar-refractivity contribution < 1.29 is 49.5 Å². The zero-order valence-corrected chi connectivity index (χ0v) is 74.4. The smallest absolute Gasteiger partial charge is 0.236 e. The molecule has 0 aromatic carbocycles. The molecule has 9 aliphatic rings. The lowest BCUT2D eigenvalue weighted by atomic mass is 9.94. The van der Waals surface area contributed by atoms with Crippen molar-refractivity contribution >= 4 is 31.5 Å². The summed E-state index contributed by atoms with van der Waals surface area (Å²) in [6, 6.07) is 2.19. The van der Waals surface area contributed by atoms with Gasteiger partial charge in [0.1, 0.15) is 11.8 Å². The van der Waals surface area contributed by atoms with E-state index in [2.05, 4.69) is 158 Å². The number of piperidine rings is 1. The number of nitrogens with zero attached hydrogens (tertiary/aromatic N) is 7. The highest BCUT2D eigenvalue weighted by atomic mass is 32.2. The molecular weight excluding hydrogens is 1390 g/mol. The van der Waals surface area contributed by atoms with Crippen LogP contribution in [0.1, 0.15) is 223 Å². The highest BCUT2D eigenvalue weighted by molar-refractivity contribution is 7.97. The number of ether oxygens (including phenoxy) is 4. The Kier molecular flexibility index (Phi) is 41.0. The van der Waals surface area contributed by atoms with Crippen molar-refractivity contribution in [3.8, 4) is 0 Å². The van der Waals surface area contributed by atoms with Gasteiger partial charge in [0.25, 0.3) is 0 Å².